The van der Waals surface area contributed by atoms with Crippen molar-refractivity contribution in [3.8, 4) is 0 Å². The van der Waals surface area contributed by atoms with Gasteiger partial charge in [-0.15, -0.1) is 0 Å². The molecule has 4 rings (SSSR count). The first-order valence-electron chi connectivity index (χ1n) is 7.86. The van der Waals surface area contributed by atoms with Crippen molar-refractivity contribution in [1.29, 1.82) is 0 Å². The molecule has 1 aliphatic rings. The molecule has 1 saturated heterocycles. The lowest BCUT2D eigenvalue weighted by atomic mass is 9.90. The maximum atomic E-state index is 4.50. The Balaban J connectivity index is 1.57. The van der Waals surface area contributed by atoms with Crippen LogP contribution in [0.4, 0.5) is 11.5 Å². The Bertz CT molecular complexity index is 805. The number of hydrogen-bond donors (Lipinski definition) is 2. The number of benzene rings is 1. The van der Waals surface area contributed by atoms with Gasteiger partial charge in [0.1, 0.15) is 4.60 Å². The fraction of sp³-hybridized carbons (Fsp3) is 0.294. The van der Waals surface area contributed by atoms with Gasteiger partial charge in [0, 0.05) is 24.3 Å². The van der Waals surface area contributed by atoms with E-state index in [4.69, 9.17) is 0 Å². The van der Waals surface area contributed by atoms with Crippen LogP contribution in [0.25, 0.3) is 5.65 Å². The summed E-state index contributed by atoms with van der Waals surface area (Å²) in [6.45, 7) is 2.23. The van der Waals surface area contributed by atoms with Crippen LogP contribution in [0.3, 0.4) is 0 Å². The number of piperidine rings is 1. The van der Waals surface area contributed by atoms with Crippen molar-refractivity contribution in [3.63, 3.8) is 0 Å². The number of nitrogens with zero attached hydrogens (tertiary/aromatic N) is 3. The number of nitrogens with one attached hydrogen (secondary N) is 2. The van der Waals surface area contributed by atoms with E-state index >= 15 is 0 Å². The lowest BCUT2D eigenvalue weighted by molar-refractivity contribution is 0.460. The highest BCUT2D eigenvalue weighted by Gasteiger charge is 2.15. The molecular weight excluding hydrogens is 354 g/mol. The Morgan fingerprint density at radius 1 is 1.17 bits per heavy atom. The zero-order valence-corrected chi connectivity index (χ0v) is 14.3. The average molecular weight is 372 g/mol. The summed E-state index contributed by atoms with van der Waals surface area (Å²) in [7, 11) is 0. The summed E-state index contributed by atoms with van der Waals surface area (Å²) in [5.74, 6) is 1.42. The van der Waals surface area contributed by atoms with Gasteiger partial charge < -0.3 is 15.0 Å². The number of imidazole rings is 1. The average Bonchev–Trinajstić information content (AvgIpc) is 3.05. The zero-order chi connectivity index (χ0) is 15.6. The van der Waals surface area contributed by atoms with Crippen molar-refractivity contribution in [2.45, 2.75) is 18.8 Å². The molecule has 3 aromatic rings. The second kappa shape index (κ2) is 6.29. The number of hydrogen-bond acceptors (Lipinski definition) is 4. The maximum Gasteiger partial charge on any atom is 0.180 e. The predicted octanol–water partition coefficient (Wildman–Crippen LogP) is 3.70. The molecule has 23 heavy (non-hydrogen) atoms. The van der Waals surface area contributed by atoms with Crippen molar-refractivity contribution < 1.29 is 0 Å². The second-order valence-electron chi connectivity index (χ2n) is 5.84. The van der Waals surface area contributed by atoms with Crippen molar-refractivity contribution in [2.24, 2.45) is 0 Å². The molecule has 0 saturated carbocycles. The molecule has 0 radical (unpaired) electrons. The van der Waals surface area contributed by atoms with Gasteiger partial charge in [0.05, 0.1) is 0 Å². The van der Waals surface area contributed by atoms with E-state index in [-0.39, 0.29) is 0 Å². The van der Waals surface area contributed by atoms with Crippen LogP contribution in [0.1, 0.15) is 24.3 Å². The highest BCUT2D eigenvalue weighted by molar-refractivity contribution is 9.10. The standard InChI is InChI=1S/C17H18BrN5/c18-15-11-23-10-9-20-17(23)16(22-15)21-14-3-1-12(2-4-14)13-5-7-19-8-6-13/h1-4,9-11,13,19H,5-8H2,(H,21,22). The van der Waals surface area contributed by atoms with Gasteiger partial charge in [-0.2, -0.15) is 0 Å². The van der Waals surface area contributed by atoms with Crippen LogP contribution in [0.2, 0.25) is 0 Å². The van der Waals surface area contributed by atoms with Crippen LogP contribution < -0.4 is 10.6 Å². The van der Waals surface area contributed by atoms with Gasteiger partial charge in [0.15, 0.2) is 11.5 Å². The minimum absolute atomic E-state index is 0.674. The molecule has 0 atom stereocenters. The van der Waals surface area contributed by atoms with E-state index < -0.39 is 0 Å². The number of halogens is 1. The van der Waals surface area contributed by atoms with E-state index in [1.165, 1.54) is 18.4 Å². The molecule has 1 aliphatic heterocycles. The van der Waals surface area contributed by atoms with E-state index in [1.807, 2.05) is 16.8 Å². The van der Waals surface area contributed by atoms with Crippen LogP contribution >= 0.6 is 15.9 Å². The van der Waals surface area contributed by atoms with E-state index in [9.17, 15) is 0 Å². The Morgan fingerprint density at radius 3 is 2.74 bits per heavy atom. The Hall–Kier alpha value is -1.92. The molecular formula is C17H18BrN5. The molecule has 0 bridgehead atoms. The quantitative estimate of drug-likeness (QED) is 0.736. The van der Waals surface area contributed by atoms with E-state index in [2.05, 4.69) is 60.8 Å². The number of rotatable bonds is 3. The molecule has 1 fully saturated rings. The third kappa shape index (κ3) is 3.09. The van der Waals surface area contributed by atoms with E-state index in [0.29, 0.717) is 5.92 Å². The van der Waals surface area contributed by atoms with Crippen LogP contribution in [0.5, 0.6) is 0 Å². The molecule has 5 nitrogen and oxygen atoms in total. The molecule has 6 heteroatoms. The monoisotopic (exact) mass is 371 g/mol. The SMILES string of the molecule is Brc1cn2ccnc2c(Nc2ccc(C3CCNCC3)cc2)n1. The van der Waals surface area contributed by atoms with Crippen molar-refractivity contribution in [3.05, 3.63) is 53.0 Å². The highest BCUT2D eigenvalue weighted by Crippen LogP contribution is 2.27. The third-order valence-electron chi connectivity index (χ3n) is 4.33. The van der Waals surface area contributed by atoms with Gasteiger partial charge in [0.25, 0.3) is 0 Å². The Kier molecular flexibility index (Phi) is 4.01. The number of aromatic nitrogens is 3. The third-order valence-corrected chi connectivity index (χ3v) is 4.71. The lowest BCUT2D eigenvalue weighted by Gasteiger charge is -2.23. The summed E-state index contributed by atoms with van der Waals surface area (Å²) in [6, 6.07) is 8.69. The summed E-state index contributed by atoms with van der Waals surface area (Å²) in [5, 5.41) is 6.78. The van der Waals surface area contributed by atoms with Crippen molar-refractivity contribution >= 4 is 33.1 Å². The predicted molar refractivity (Wildman–Crippen MR) is 95.3 cm³/mol. The minimum atomic E-state index is 0.674. The molecule has 0 amide bonds. The minimum Gasteiger partial charge on any atom is -0.337 e. The molecule has 0 aliphatic carbocycles. The molecule has 3 heterocycles. The maximum absolute atomic E-state index is 4.50. The summed E-state index contributed by atoms with van der Waals surface area (Å²) >= 11 is 3.44. The van der Waals surface area contributed by atoms with Gasteiger partial charge in [-0.05, 0) is 65.5 Å². The van der Waals surface area contributed by atoms with Crippen LogP contribution in [0, 0.1) is 0 Å². The van der Waals surface area contributed by atoms with Crippen molar-refractivity contribution in [2.75, 3.05) is 18.4 Å². The largest absolute Gasteiger partial charge is 0.337 e. The van der Waals surface area contributed by atoms with E-state index in [1.54, 1.807) is 6.20 Å². The van der Waals surface area contributed by atoms with Crippen LogP contribution in [0.15, 0.2) is 47.5 Å². The first-order valence-corrected chi connectivity index (χ1v) is 8.66. The van der Waals surface area contributed by atoms with Gasteiger partial charge in [-0.1, -0.05) is 12.1 Å². The van der Waals surface area contributed by atoms with Crippen molar-refractivity contribution in [1.82, 2.24) is 19.7 Å². The number of fused-ring (bicyclic) bond motifs is 1. The van der Waals surface area contributed by atoms with Crippen LogP contribution in [-0.2, 0) is 0 Å². The first-order chi connectivity index (χ1) is 11.3. The number of anilines is 2. The summed E-state index contributed by atoms with van der Waals surface area (Å²) in [6.07, 6.45) is 8.01. The van der Waals surface area contributed by atoms with Gasteiger partial charge in [0.2, 0.25) is 0 Å². The fourth-order valence-corrected chi connectivity index (χ4v) is 3.51. The molecule has 2 aromatic heterocycles. The van der Waals surface area contributed by atoms with Gasteiger partial charge in [-0.25, -0.2) is 9.97 Å². The Morgan fingerprint density at radius 2 is 1.96 bits per heavy atom. The molecule has 1 aromatic carbocycles. The fourth-order valence-electron chi connectivity index (χ4n) is 3.12. The molecule has 2 N–H and O–H groups in total. The van der Waals surface area contributed by atoms with Gasteiger partial charge in [-0.3, -0.25) is 0 Å². The topological polar surface area (TPSA) is 54.2 Å². The molecule has 118 valence electrons. The smallest absolute Gasteiger partial charge is 0.180 e. The first kappa shape index (κ1) is 14.7. The second-order valence-corrected chi connectivity index (χ2v) is 6.65. The normalized spacial score (nSPS) is 15.9. The summed E-state index contributed by atoms with van der Waals surface area (Å²) in [4.78, 5) is 8.85. The zero-order valence-electron chi connectivity index (χ0n) is 12.7. The molecule has 0 unspecified atom stereocenters. The summed E-state index contributed by atoms with van der Waals surface area (Å²) < 4.78 is 2.72. The van der Waals surface area contributed by atoms with Gasteiger partial charge >= 0.3 is 0 Å². The van der Waals surface area contributed by atoms with E-state index in [0.717, 1.165) is 34.8 Å². The molecule has 0 spiro atoms. The highest BCUT2D eigenvalue weighted by atomic mass is 79.9. The summed E-state index contributed by atoms with van der Waals surface area (Å²) in [5.41, 5.74) is 3.26. The lowest BCUT2D eigenvalue weighted by Crippen LogP contribution is -2.26. The Labute approximate surface area is 143 Å². The van der Waals surface area contributed by atoms with Crippen LogP contribution in [-0.4, -0.2) is 27.5 Å².